The van der Waals surface area contributed by atoms with Gasteiger partial charge in [0, 0.05) is 20.0 Å². The molecule has 1 aliphatic rings. The largest absolute Gasteiger partial charge is 0.378 e. The maximum Gasteiger partial charge on any atom is 0.130 e. The third kappa shape index (κ3) is 1.84. The number of pyridine rings is 1. The van der Waals surface area contributed by atoms with E-state index in [0.29, 0.717) is 9.50 Å². The Labute approximate surface area is 97.1 Å². The van der Waals surface area contributed by atoms with Crippen LogP contribution >= 0.6 is 15.9 Å². The van der Waals surface area contributed by atoms with Crippen LogP contribution in [0.15, 0.2) is 22.8 Å². The van der Waals surface area contributed by atoms with E-state index in [1.54, 1.807) is 6.07 Å². The highest BCUT2D eigenvalue weighted by molar-refractivity contribution is 9.10. The van der Waals surface area contributed by atoms with E-state index in [9.17, 15) is 0 Å². The van der Waals surface area contributed by atoms with E-state index in [-0.39, 0.29) is 5.82 Å². The van der Waals surface area contributed by atoms with Gasteiger partial charge in [0.2, 0.25) is 0 Å². The SMILES string of the molecule is [2H]C([2H])([2H])OC1([2H])C([2H])([2H])N(c2cccc(Br)n2)C1([2H])[2H]. The lowest BCUT2D eigenvalue weighted by Crippen LogP contribution is -2.52. The highest BCUT2D eigenvalue weighted by Crippen LogP contribution is 2.21. The molecule has 0 unspecified atom stereocenters. The van der Waals surface area contributed by atoms with Crippen LogP contribution in [0, 0.1) is 0 Å². The second-order valence-corrected chi connectivity index (χ2v) is 3.12. The van der Waals surface area contributed by atoms with Crippen LogP contribution in [0.2, 0.25) is 0 Å². The molecular formula is C9H11BrN2O. The van der Waals surface area contributed by atoms with Crippen molar-refractivity contribution in [2.45, 2.75) is 6.08 Å². The minimum atomic E-state index is -3.10. The third-order valence-corrected chi connectivity index (χ3v) is 1.90. The summed E-state index contributed by atoms with van der Waals surface area (Å²) in [4.78, 5) is 4.52. The summed E-state index contributed by atoms with van der Waals surface area (Å²) < 4.78 is 65.0. The number of rotatable bonds is 2. The first kappa shape index (κ1) is 3.51. The fraction of sp³-hybridized carbons (Fsp3) is 0.444. The second-order valence-electron chi connectivity index (χ2n) is 2.31. The number of halogens is 1. The summed E-state index contributed by atoms with van der Waals surface area (Å²) in [5.41, 5.74) is 0. The Balaban J connectivity index is 2.44. The molecule has 0 aromatic carbocycles. The predicted octanol–water partition coefficient (Wildman–Crippen LogP) is 1.68. The van der Waals surface area contributed by atoms with Crippen molar-refractivity contribution in [2.75, 3.05) is 24.9 Å². The summed E-state index contributed by atoms with van der Waals surface area (Å²) in [5.74, 6) is -0.0728. The zero-order valence-electron chi connectivity index (χ0n) is 14.4. The quantitative estimate of drug-likeness (QED) is 0.748. The minimum absolute atomic E-state index is 0.0728. The zero-order valence-corrected chi connectivity index (χ0v) is 8.00. The number of anilines is 1. The Kier molecular flexibility index (Phi) is 0.983. The smallest absolute Gasteiger partial charge is 0.130 e. The van der Waals surface area contributed by atoms with E-state index in [1.807, 2.05) is 0 Å². The molecule has 1 saturated heterocycles. The minimum Gasteiger partial charge on any atom is -0.378 e. The molecule has 1 aliphatic heterocycles. The van der Waals surface area contributed by atoms with Gasteiger partial charge in [-0.3, -0.25) is 0 Å². The molecule has 0 aliphatic carbocycles. The first-order chi connectivity index (χ1) is 9.33. The number of methoxy groups -OCH3 is 1. The van der Waals surface area contributed by atoms with Crippen LogP contribution < -0.4 is 4.90 Å². The van der Waals surface area contributed by atoms with E-state index in [1.165, 1.54) is 12.1 Å². The fourth-order valence-electron chi connectivity index (χ4n) is 0.885. The third-order valence-electron chi connectivity index (χ3n) is 1.46. The standard InChI is InChI=1S/C9H11BrN2O/c1-13-7-5-12(6-7)9-4-2-3-8(10)11-9/h2-4,7H,5-6H2,1H3/i1D3,5D2,6D2,7D. The Morgan fingerprint density at radius 1 is 1.85 bits per heavy atom. The molecular weight excluding hydrogens is 232 g/mol. The first-order valence-corrected chi connectivity index (χ1v) is 4.25. The van der Waals surface area contributed by atoms with E-state index in [2.05, 4.69) is 25.7 Å². The van der Waals surface area contributed by atoms with Crippen molar-refractivity contribution < 1.29 is 15.7 Å². The molecule has 70 valence electrons. The lowest BCUT2D eigenvalue weighted by Gasteiger charge is -2.38. The van der Waals surface area contributed by atoms with Gasteiger partial charge >= 0.3 is 0 Å². The van der Waals surface area contributed by atoms with Gasteiger partial charge in [0.25, 0.3) is 0 Å². The number of aromatic nitrogens is 1. The monoisotopic (exact) mass is 250 g/mol. The average molecular weight is 251 g/mol. The Morgan fingerprint density at radius 2 is 2.69 bits per heavy atom. The maximum absolute atomic E-state index is 7.86. The van der Waals surface area contributed by atoms with Crippen molar-refractivity contribution in [3.05, 3.63) is 22.8 Å². The molecule has 0 radical (unpaired) electrons. The van der Waals surface area contributed by atoms with Gasteiger partial charge in [-0.05, 0) is 28.1 Å². The average Bonchev–Trinajstić information content (AvgIpc) is 2.25. The molecule has 0 atom stereocenters. The van der Waals surface area contributed by atoms with Gasteiger partial charge in [-0.2, -0.15) is 0 Å². The van der Waals surface area contributed by atoms with E-state index in [0.717, 1.165) is 0 Å². The Bertz CT molecular complexity index is 547. The summed E-state index contributed by atoms with van der Waals surface area (Å²) >= 11 is 3.09. The normalized spacial score (nSPS) is 37.5. The molecule has 2 heterocycles. The molecule has 0 amide bonds. The van der Waals surface area contributed by atoms with Gasteiger partial charge in [0.05, 0.1) is 17.0 Å². The molecule has 4 heteroatoms. The highest BCUT2D eigenvalue weighted by atomic mass is 79.9. The van der Waals surface area contributed by atoms with Crippen molar-refractivity contribution in [1.29, 1.82) is 0 Å². The van der Waals surface area contributed by atoms with Crippen molar-refractivity contribution >= 4 is 21.7 Å². The predicted molar refractivity (Wildman–Crippen MR) is 54.9 cm³/mol. The molecule has 3 nitrogen and oxygen atoms in total. The summed E-state index contributed by atoms with van der Waals surface area (Å²) in [6.07, 6.45) is -2.91. The van der Waals surface area contributed by atoms with E-state index in [4.69, 9.17) is 11.0 Å². The van der Waals surface area contributed by atoms with Gasteiger partial charge in [-0.25, -0.2) is 4.98 Å². The molecule has 1 aromatic rings. The van der Waals surface area contributed by atoms with Crippen molar-refractivity contribution in [1.82, 2.24) is 4.98 Å². The van der Waals surface area contributed by atoms with E-state index < -0.39 is 26.1 Å². The number of hydrogen-bond acceptors (Lipinski definition) is 3. The molecule has 1 fully saturated rings. The molecule has 2 rings (SSSR count). The lowest BCUT2D eigenvalue weighted by molar-refractivity contribution is 0.0783. The van der Waals surface area contributed by atoms with E-state index >= 15 is 0 Å². The molecule has 1 aromatic heterocycles. The highest BCUT2D eigenvalue weighted by Gasteiger charge is 2.27. The van der Waals surface area contributed by atoms with Gasteiger partial charge in [-0.1, -0.05) is 6.07 Å². The first-order valence-electron chi connectivity index (χ1n) is 7.46. The van der Waals surface area contributed by atoms with Crippen molar-refractivity contribution in [3.63, 3.8) is 0 Å². The van der Waals surface area contributed by atoms with Gasteiger partial charge in [0.15, 0.2) is 0 Å². The van der Waals surface area contributed by atoms with Crippen molar-refractivity contribution in [3.8, 4) is 0 Å². The zero-order chi connectivity index (χ0) is 16.3. The van der Waals surface area contributed by atoms with Crippen molar-refractivity contribution in [2.24, 2.45) is 0 Å². The molecule has 0 bridgehead atoms. The second kappa shape index (κ2) is 3.64. The molecule has 13 heavy (non-hydrogen) atoms. The fourth-order valence-corrected chi connectivity index (χ4v) is 1.22. The summed E-state index contributed by atoms with van der Waals surface area (Å²) in [6, 6.07) is 4.45. The Morgan fingerprint density at radius 3 is 3.38 bits per heavy atom. The number of ether oxygens (including phenoxy) is 1. The molecule has 0 N–H and O–H groups in total. The van der Waals surface area contributed by atoms with Crippen LogP contribution in [-0.4, -0.2) is 31.1 Å². The maximum atomic E-state index is 7.86. The molecule has 0 spiro atoms. The van der Waals surface area contributed by atoms with Crippen LogP contribution in [-0.2, 0) is 4.74 Å². The van der Waals surface area contributed by atoms with Crippen LogP contribution in [0.5, 0.6) is 0 Å². The summed E-state index contributed by atoms with van der Waals surface area (Å²) in [7, 11) is -3.10. The lowest BCUT2D eigenvalue weighted by atomic mass is 10.1. The number of hydrogen-bond donors (Lipinski definition) is 0. The van der Waals surface area contributed by atoms with Crippen LogP contribution in [0.3, 0.4) is 0 Å². The van der Waals surface area contributed by atoms with Crippen LogP contribution in [0.1, 0.15) is 11.0 Å². The molecule has 0 saturated carbocycles. The van der Waals surface area contributed by atoms with Gasteiger partial charge < -0.3 is 9.64 Å². The Hall–Kier alpha value is -0.610. The van der Waals surface area contributed by atoms with Gasteiger partial charge in [-0.15, -0.1) is 0 Å². The topological polar surface area (TPSA) is 25.4 Å². The number of nitrogens with zero attached hydrogens (tertiary/aromatic N) is 2. The summed E-state index contributed by atoms with van der Waals surface area (Å²) in [5, 5.41) is 0. The summed E-state index contributed by atoms with van der Waals surface area (Å²) in [6.45, 7) is -5.42. The van der Waals surface area contributed by atoms with Crippen LogP contribution in [0.4, 0.5) is 5.82 Å². The van der Waals surface area contributed by atoms with Crippen LogP contribution in [0.25, 0.3) is 0 Å². The van der Waals surface area contributed by atoms with Gasteiger partial charge in [0.1, 0.15) is 10.4 Å².